The standard InChI is InChI=1S/C17H37N/c1-2-3-4-5-6-7-8-9-10-11-12-13-14-15-16-17-18/h2-18H2,1H3/i/hD. The first-order valence-corrected chi connectivity index (χ1v) is 8.56. The lowest BCUT2D eigenvalue weighted by molar-refractivity contribution is 0.533. The van der Waals surface area contributed by atoms with Crippen LogP contribution in [0.15, 0.2) is 0 Å². The normalized spacial score (nSPS) is 11.7. The minimum Gasteiger partial charge on any atom is -0.330 e. The van der Waals surface area contributed by atoms with Crippen molar-refractivity contribution < 1.29 is 1.41 Å². The lowest BCUT2D eigenvalue weighted by atomic mass is 10.0. The van der Waals surface area contributed by atoms with Gasteiger partial charge in [0, 0.05) is 0 Å². The van der Waals surface area contributed by atoms with E-state index in [2.05, 4.69) is 12.7 Å². The molecule has 110 valence electrons. The first-order chi connectivity index (χ1) is 9.41. The molecule has 0 aliphatic rings. The Balaban J connectivity index is 2.88. The number of hydrogen-bond acceptors (Lipinski definition) is 1. The van der Waals surface area contributed by atoms with Crippen LogP contribution in [0.4, 0.5) is 0 Å². The van der Waals surface area contributed by atoms with Crippen LogP contribution in [-0.2, 0) is 0 Å². The summed E-state index contributed by atoms with van der Waals surface area (Å²) in [7, 11) is 0. The highest BCUT2D eigenvalue weighted by Gasteiger charge is 1.93. The molecule has 0 atom stereocenters. The Labute approximate surface area is 117 Å². The third-order valence-electron chi connectivity index (χ3n) is 3.78. The zero-order valence-electron chi connectivity index (χ0n) is 13.8. The molecule has 2 N–H and O–H groups in total. The number of nitrogens with two attached hydrogens (primary N) is 1. The van der Waals surface area contributed by atoms with Crippen LogP contribution in [0.3, 0.4) is 0 Å². The van der Waals surface area contributed by atoms with Crippen molar-refractivity contribution in [1.82, 2.24) is 0 Å². The lowest BCUT2D eigenvalue weighted by Crippen LogP contribution is -1.97. The monoisotopic (exact) mass is 256 g/mol. The summed E-state index contributed by atoms with van der Waals surface area (Å²) >= 11 is 0. The molecular weight excluding hydrogens is 218 g/mol. The molecule has 0 aromatic rings. The fraction of sp³-hybridized carbons (Fsp3) is 1.00. The maximum Gasteiger partial charge on any atom is 0.118 e. The van der Waals surface area contributed by atoms with E-state index in [1.807, 2.05) is 0 Å². The molecule has 0 unspecified atom stereocenters. The summed E-state index contributed by atoms with van der Waals surface area (Å²) in [5.41, 5.74) is 2.46. The summed E-state index contributed by atoms with van der Waals surface area (Å²) in [6.45, 7) is 3.14. The van der Waals surface area contributed by atoms with E-state index < -0.39 is 0 Å². The molecule has 0 bridgehead atoms. The van der Waals surface area contributed by atoms with Gasteiger partial charge in [0.15, 0.2) is 0 Å². The van der Waals surface area contributed by atoms with E-state index in [0.29, 0.717) is 0 Å². The second-order valence-corrected chi connectivity index (χ2v) is 5.70. The molecule has 0 rings (SSSR count). The summed E-state index contributed by atoms with van der Waals surface area (Å²) in [5.74, 6) is 0. The van der Waals surface area contributed by atoms with E-state index in [4.69, 9.17) is 1.41 Å². The molecule has 0 spiro atoms. The molecule has 0 saturated carbocycles. The maximum absolute atomic E-state index is 6.83. The van der Waals surface area contributed by atoms with Gasteiger partial charge in [0.05, 0.1) is 0 Å². The van der Waals surface area contributed by atoms with Crippen molar-refractivity contribution in [2.45, 2.75) is 103 Å². The Morgan fingerprint density at radius 2 is 0.889 bits per heavy atom. The van der Waals surface area contributed by atoms with E-state index >= 15 is 0 Å². The van der Waals surface area contributed by atoms with Gasteiger partial charge in [-0.2, -0.15) is 0 Å². The summed E-state index contributed by atoms with van der Waals surface area (Å²) in [5, 5.41) is 0. The average molecular weight is 256 g/mol. The molecule has 1 nitrogen and oxygen atoms in total. The van der Waals surface area contributed by atoms with Crippen LogP contribution in [0.25, 0.3) is 0 Å². The maximum atomic E-state index is 6.83. The zero-order valence-corrected chi connectivity index (χ0v) is 12.8. The van der Waals surface area contributed by atoms with Gasteiger partial charge in [-0.3, -0.25) is 0 Å². The molecule has 0 radical (unpaired) electrons. The fourth-order valence-corrected chi connectivity index (χ4v) is 2.50. The van der Waals surface area contributed by atoms with Crippen LogP contribution in [-0.4, -0.2) is 6.54 Å². The van der Waals surface area contributed by atoms with Crippen molar-refractivity contribution in [2.24, 2.45) is 5.73 Å². The Hall–Kier alpha value is -0.0400. The Kier molecular flexibility index (Phi) is 15.1. The third-order valence-corrected chi connectivity index (χ3v) is 3.78. The highest BCUT2D eigenvalue weighted by Crippen LogP contribution is 2.13. The summed E-state index contributed by atoms with van der Waals surface area (Å²) in [6.07, 6.45) is 21.1. The van der Waals surface area contributed by atoms with Crippen LogP contribution < -0.4 is 5.73 Å². The lowest BCUT2D eigenvalue weighted by Gasteiger charge is -2.03. The number of hydrogen-bond donors (Lipinski definition) is 1. The van der Waals surface area contributed by atoms with Gasteiger partial charge in [-0.1, -0.05) is 96.8 Å². The molecular formula is C17H37N. The Bertz CT molecular complexity index is 134. The van der Waals surface area contributed by atoms with Crippen LogP contribution in [0, 0.1) is 0 Å². The molecule has 0 fully saturated rings. The van der Waals surface area contributed by atoms with Gasteiger partial charge in [-0.25, -0.2) is 0 Å². The molecule has 18 heavy (non-hydrogen) atoms. The average Bonchev–Trinajstić information content (AvgIpc) is 2.43. The zero-order chi connectivity index (χ0) is 14.0. The largest absolute Gasteiger partial charge is 0.330 e. The highest BCUT2D eigenvalue weighted by molar-refractivity contribution is 4.49. The minimum absolute atomic E-state index is 0.859. The predicted molar refractivity (Wildman–Crippen MR) is 84.0 cm³/mol. The molecule has 0 heterocycles. The molecule has 0 amide bonds. The van der Waals surface area contributed by atoms with Crippen molar-refractivity contribution in [3.63, 3.8) is 0 Å². The van der Waals surface area contributed by atoms with E-state index in [0.717, 1.165) is 6.54 Å². The topological polar surface area (TPSA) is 26.0 Å². The molecule has 0 aromatic carbocycles. The molecule has 0 aromatic heterocycles. The van der Waals surface area contributed by atoms with Gasteiger partial charge < -0.3 is 5.73 Å². The third kappa shape index (κ3) is 16.0. The van der Waals surface area contributed by atoms with E-state index in [1.165, 1.54) is 96.3 Å². The van der Waals surface area contributed by atoms with E-state index in [-0.39, 0.29) is 0 Å². The number of unbranched alkanes of at least 4 members (excludes halogenated alkanes) is 14. The Morgan fingerprint density at radius 3 is 1.22 bits per heavy atom. The van der Waals surface area contributed by atoms with Crippen molar-refractivity contribution >= 4 is 0 Å². The van der Waals surface area contributed by atoms with Crippen LogP contribution >= 0.6 is 0 Å². The quantitative estimate of drug-likeness (QED) is 0.346. The van der Waals surface area contributed by atoms with Gasteiger partial charge >= 0.3 is 0 Å². The van der Waals surface area contributed by atoms with E-state index in [9.17, 15) is 0 Å². The predicted octanol–water partition coefficient (Wildman–Crippen LogP) is 5.82. The SMILES string of the molecule is [2H]NCCCCCCCCCCCCCCCCC. The first-order valence-electron chi connectivity index (χ1n) is 9.06. The Morgan fingerprint density at radius 1 is 0.556 bits per heavy atom. The summed E-state index contributed by atoms with van der Waals surface area (Å²) in [4.78, 5) is 0. The van der Waals surface area contributed by atoms with Crippen molar-refractivity contribution in [3.8, 4) is 0 Å². The van der Waals surface area contributed by atoms with Crippen LogP contribution in [0.2, 0.25) is 1.41 Å². The van der Waals surface area contributed by atoms with Crippen molar-refractivity contribution in [3.05, 3.63) is 0 Å². The van der Waals surface area contributed by atoms with Gasteiger partial charge in [0.1, 0.15) is 1.41 Å². The van der Waals surface area contributed by atoms with E-state index in [1.54, 1.807) is 0 Å². The minimum atomic E-state index is 0.859. The van der Waals surface area contributed by atoms with Crippen LogP contribution in [0.1, 0.15) is 103 Å². The van der Waals surface area contributed by atoms with Gasteiger partial charge in [0.2, 0.25) is 0 Å². The van der Waals surface area contributed by atoms with Gasteiger partial charge in [-0.05, 0) is 13.0 Å². The summed E-state index contributed by atoms with van der Waals surface area (Å²) < 4.78 is 6.83. The second kappa shape index (κ2) is 17.0. The van der Waals surface area contributed by atoms with Crippen molar-refractivity contribution in [1.29, 1.82) is 0 Å². The smallest absolute Gasteiger partial charge is 0.118 e. The molecule has 0 aliphatic carbocycles. The molecule has 0 saturated heterocycles. The van der Waals surface area contributed by atoms with Gasteiger partial charge in [0.25, 0.3) is 0 Å². The van der Waals surface area contributed by atoms with Crippen LogP contribution in [0.5, 0.6) is 0 Å². The molecule has 1 heteroatoms. The van der Waals surface area contributed by atoms with Crippen molar-refractivity contribution in [2.75, 3.05) is 6.54 Å². The van der Waals surface area contributed by atoms with Gasteiger partial charge in [-0.15, -0.1) is 0 Å². The highest BCUT2D eigenvalue weighted by atomic mass is 14.5. The second-order valence-electron chi connectivity index (χ2n) is 5.70. The molecule has 0 aliphatic heterocycles. The fourth-order valence-electron chi connectivity index (χ4n) is 2.50. The summed E-state index contributed by atoms with van der Waals surface area (Å²) in [6, 6.07) is 0. The number of rotatable bonds is 16. The first kappa shape index (κ1) is 16.0.